The highest BCUT2D eigenvalue weighted by molar-refractivity contribution is 5.89. The van der Waals surface area contributed by atoms with Crippen LogP contribution in [0.15, 0.2) is 18.2 Å². The Morgan fingerprint density at radius 1 is 1.50 bits per heavy atom. The van der Waals surface area contributed by atoms with Crippen molar-refractivity contribution in [2.24, 2.45) is 0 Å². The lowest BCUT2D eigenvalue weighted by Crippen LogP contribution is -2.34. The van der Waals surface area contributed by atoms with Crippen LogP contribution in [0.25, 0.3) is 0 Å². The molecule has 0 radical (unpaired) electrons. The summed E-state index contributed by atoms with van der Waals surface area (Å²) >= 11 is 0. The van der Waals surface area contributed by atoms with Crippen molar-refractivity contribution in [3.8, 4) is 0 Å². The number of carbonyl (C=O) groups is 1. The van der Waals surface area contributed by atoms with Crippen LogP contribution in [0.1, 0.15) is 37.8 Å². The maximum atomic E-state index is 11.1. The number of carboxylic acid groups (broad SMARTS) is 1. The monoisotopic (exact) mass is 219 g/mol. The van der Waals surface area contributed by atoms with Crippen LogP contribution in [0, 0.1) is 0 Å². The second-order valence-electron chi connectivity index (χ2n) is 4.75. The molecule has 1 N–H and O–H groups in total. The van der Waals surface area contributed by atoms with Crippen molar-refractivity contribution in [1.29, 1.82) is 0 Å². The molecule has 0 fully saturated rings. The van der Waals surface area contributed by atoms with Gasteiger partial charge in [-0.3, -0.25) is 4.90 Å². The lowest BCUT2D eigenvalue weighted by Gasteiger charge is -2.18. The molecule has 16 heavy (non-hydrogen) atoms. The van der Waals surface area contributed by atoms with Gasteiger partial charge in [-0.1, -0.05) is 26.0 Å². The minimum absolute atomic E-state index is 0.0508. The van der Waals surface area contributed by atoms with Gasteiger partial charge in [0.05, 0.1) is 5.69 Å². The van der Waals surface area contributed by atoms with Crippen LogP contribution in [-0.2, 0) is 6.42 Å². The zero-order valence-corrected chi connectivity index (χ0v) is 9.90. The van der Waals surface area contributed by atoms with E-state index in [0.717, 1.165) is 17.7 Å². The maximum absolute atomic E-state index is 11.1. The third kappa shape index (κ3) is 1.66. The highest BCUT2D eigenvalue weighted by Crippen LogP contribution is 2.34. The first kappa shape index (κ1) is 11.0. The molecule has 1 aromatic carbocycles. The highest BCUT2D eigenvalue weighted by atomic mass is 16.4. The molecular weight excluding hydrogens is 202 g/mol. The molecule has 1 atom stereocenters. The third-order valence-electron chi connectivity index (χ3n) is 3.19. The van der Waals surface area contributed by atoms with Crippen molar-refractivity contribution in [3.63, 3.8) is 0 Å². The maximum Gasteiger partial charge on any atom is 0.412 e. The standard InChI is InChI=1S/C13H17NO2/c1-8(2)10-4-5-12-11(7-10)6-9(3)14(12)13(15)16/h4-5,7-9H,6H2,1-3H3,(H,15,16). The predicted octanol–water partition coefficient (Wildman–Crippen LogP) is 3.24. The molecule has 0 spiro atoms. The van der Waals surface area contributed by atoms with Crippen molar-refractivity contribution >= 4 is 11.8 Å². The van der Waals surface area contributed by atoms with Crippen molar-refractivity contribution in [1.82, 2.24) is 0 Å². The lowest BCUT2D eigenvalue weighted by molar-refractivity contribution is 0.200. The van der Waals surface area contributed by atoms with Crippen LogP contribution < -0.4 is 4.90 Å². The molecule has 3 heteroatoms. The van der Waals surface area contributed by atoms with Crippen LogP contribution in [-0.4, -0.2) is 17.2 Å². The molecule has 0 aliphatic carbocycles. The molecule has 1 aliphatic rings. The van der Waals surface area contributed by atoms with Gasteiger partial charge in [0.2, 0.25) is 0 Å². The third-order valence-corrected chi connectivity index (χ3v) is 3.19. The van der Waals surface area contributed by atoms with Gasteiger partial charge in [-0.25, -0.2) is 4.79 Å². The second kappa shape index (κ2) is 3.81. The van der Waals surface area contributed by atoms with Gasteiger partial charge < -0.3 is 5.11 Å². The van der Waals surface area contributed by atoms with Crippen LogP contribution in [0.4, 0.5) is 10.5 Å². The van der Waals surface area contributed by atoms with Crippen LogP contribution in [0.5, 0.6) is 0 Å². The number of benzene rings is 1. The molecule has 3 nitrogen and oxygen atoms in total. The summed E-state index contributed by atoms with van der Waals surface area (Å²) in [5.41, 5.74) is 3.28. The number of fused-ring (bicyclic) bond motifs is 1. The van der Waals surface area contributed by atoms with E-state index in [2.05, 4.69) is 19.9 Å². The van der Waals surface area contributed by atoms with Crippen LogP contribution >= 0.6 is 0 Å². The van der Waals surface area contributed by atoms with E-state index >= 15 is 0 Å². The van der Waals surface area contributed by atoms with E-state index in [4.69, 9.17) is 5.11 Å². The van der Waals surface area contributed by atoms with Crippen molar-refractivity contribution in [2.45, 2.75) is 39.2 Å². The van der Waals surface area contributed by atoms with Gasteiger partial charge >= 0.3 is 6.09 Å². The summed E-state index contributed by atoms with van der Waals surface area (Å²) < 4.78 is 0. The summed E-state index contributed by atoms with van der Waals surface area (Å²) in [7, 11) is 0. The fourth-order valence-corrected chi connectivity index (χ4v) is 2.30. The average Bonchev–Trinajstić information content (AvgIpc) is 2.51. The molecule has 2 rings (SSSR count). The van der Waals surface area contributed by atoms with E-state index < -0.39 is 6.09 Å². The number of amides is 1. The van der Waals surface area contributed by atoms with E-state index in [1.54, 1.807) is 0 Å². The Balaban J connectivity index is 2.42. The fourth-order valence-electron chi connectivity index (χ4n) is 2.30. The molecular formula is C13H17NO2. The summed E-state index contributed by atoms with van der Waals surface area (Å²) in [6, 6.07) is 6.15. The average molecular weight is 219 g/mol. The quantitative estimate of drug-likeness (QED) is 0.787. The van der Waals surface area contributed by atoms with Crippen LogP contribution in [0.2, 0.25) is 0 Å². The normalized spacial score (nSPS) is 19.0. The Kier molecular flexibility index (Phi) is 2.62. The largest absolute Gasteiger partial charge is 0.465 e. The Hall–Kier alpha value is -1.51. The summed E-state index contributed by atoms with van der Waals surface area (Å²) in [4.78, 5) is 12.6. The second-order valence-corrected chi connectivity index (χ2v) is 4.75. The Morgan fingerprint density at radius 3 is 2.75 bits per heavy atom. The SMILES string of the molecule is CC(C)c1ccc2c(c1)CC(C)N2C(=O)O. The van der Waals surface area contributed by atoms with E-state index in [1.165, 1.54) is 10.5 Å². The molecule has 1 aliphatic heterocycles. The zero-order chi connectivity index (χ0) is 11.9. The first-order valence-electron chi connectivity index (χ1n) is 5.65. The topological polar surface area (TPSA) is 40.5 Å². The predicted molar refractivity (Wildman–Crippen MR) is 64.2 cm³/mol. The van der Waals surface area contributed by atoms with Crippen molar-refractivity contribution in [2.75, 3.05) is 4.90 Å². The molecule has 1 heterocycles. The zero-order valence-electron chi connectivity index (χ0n) is 9.90. The summed E-state index contributed by atoms with van der Waals surface area (Å²) in [5.74, 6) is 0.486. The van der Waals surface area contributed by atoms with Gasteiger partial charge in [0.15, 0.2) is 0 Å². The van der Waals surface area contributed by atoms with Gasteiger partial charge in [0, 0.05) is 6.04 Å². The summed E-state index contributed by atoms with van der Waals surface area (Å²) in [6.45, 7) is 6.24. The Morgan fingerprint density at radius 2 is 2.19 bits per heavy atom. The molecule has 0 saturated carbocycles. The van der Waals surface area contributed by atoms with Gasteiger partial charge in [-0.2, -0.15) is 0 Å². The fraction of sp³-hybridized carbons (Fsp3) is 0.462. The number of nitrogens with zero attached hydrogens (tertiary/aromatic N) is 1. The van der Waals surface area contributed by atoms with Gasteiger partial charge in [-0.15, -0.1) is 0 Å². The first-order valence-corrected chi connectivity index (χ1v) is 5.65. The molecule has 0 saturated heterocycles. The smallest absolute Gasteiger partial charge is 0.412 e. The first-order chi connectivity index (χ1) is 7.50. The highest BCUT2D eigenvalue weighted by Gasteiger charge is 2.30. The molecule has 1 amide bonds. The Bertz CT molecular complexity index is 426. The van der Waals surface area contributed by atoms with E-state index in [-0.39, 0.29) is 6.04 Å². The van der Waals surface area contributed by atoms with Crippen molar-refractivity contribution in [3.05, 3.63) is 29.3 Å². The lowest BCUT2D eigenvalue weighted by atomic mass is 9.99. The Labute approximate surface area is 95.7 Å². The van der Waals surface area contributed by atoms with Gasteiger partial charge in [0.1, 0.15) is 0 Å². The number of rotatable bonds is 1. The minimum Gasteiger partial charge on any atom is -0.465 e. The molecule has 86 valence electrons. The molecule has 1 aromatic rings. The van der Waals surface area contributed by atoms with E-state index in [0.29, 0.717) is 5.92 Å². The summed E-state index contributed by atoms with van der Waals surface area (Å²) in [6.07, 6.45) is -0.0362. The van der Waals surface area contributed by atoms with Gasteiger partial charge in [0.25, 0.3) is 0 Å². The molecule has 0 aromatic heterocycles. The minimum atomic E-state index is -0.858. The number of hydrogen-bond donors (Lipinski definition) is 1. The van der Waals surface area contributed by atoms with E-state index in [9.17, 15) is 4.79 Å². The molecule has 0 bridgehead atoms. The number of anilines is 1. The van der Waals surface area contributed by atoms with Gasteiger partial charge in [-0.05, 0) is 36.5 Å². The van der Waals surface area contributed by atoms with Crippen molar-refractivity contribution < 1.29 is 9.90 Å². The van der Waals surface area contributed by atoms with Crippen LogP contribution in [0.3, 0.4) is 0 Å². The number of hydrogen-bond acceptors (Lipinski definition) is 1. The molecule has 1 unspecified atom stereocenters. The summed E-state index contributed by atoms with van der Waals surface area (Å²) in [5, 5.41) is 9.13. The van der Waals surface area contributed by atoms with E-state index in [1.807, 2.05) is 19.1 Å².